The SMILES string of the molecule is CCC(CCO)CNC(=O)CNC(=O)c1ccccc1Cl. The smallest absolute Gasteiger partial charge is 0.253 e. The summed E-state index contributed by atoms with van der Waals surface area (Å²) in [4.78, 5) is 23.5. The number of carbonyl (C=O) groups excluding carboxylic acids is 2. The Kier molecular flexibility index (Phi) is 7.79. The average Bonchev–Trinajstić information content (AvgIpc) is 2.49. The first-order valence-corrected chi connectivity index (χ1v) is 7.36. The van der Waals surface area contributed by atoms with Crippen LogP contribution in [-0.2, 0) is 4.79 Å². The normalized spacial score (nSPS) is 11.8. The van der Waals surface area contributed by atoms with E-state index >= 15 is 0 Å². The highest BCUT2D eigenvalue weighted by Crippen LogP contribution is 2.14. The quantitative estimate of drug-likeness (QED) is 0.682. The Morgan fingerprint density at radius 2 is 2.00 bits per heavy atom. The van der Waals surface area contributed by atoms with Gasteiger partial charge in [0.15, 0.2) is 0 Å². The van der Waals surface area contributed by atoms with E-state index in [0.717, 1.165) is 6.42 Å². The molecule has 5 nitrogen and oxygen atoms in total. The minimum Gasteiger partial charge on any atom is -0.396 e. The lowest BCUT2D eigenvalue weighted by atomic mass is 10.0. The predicted molar refractivity (Wildman–Crippen MR) is 82.3 cm³/mol. The van der Waals surface area contributed by atoms with Crippen molar-refractivity contribution >= 4 is 23.4 Å². The van der Waals surface area contributed by atoms with E-state index in [9.17, 15) is 9.59 Å². The van der Waals surface area contributed by atoms with E-state index in [2.05, 4.69) is 10.6 Å². The second kappa shape index (κ2) is 9.37. The Hall–Kier alpha value is -1.59. The van der Waals surface area contributed by atoms with Crippen molar-refractivity contribution in [2.24, 2.45) is 5.92 Å². The highest BCUT2D eigenvalue weighted by atomic mass is 35.5. The Morgan fingerprint density at radius 3 is 2.62 bits per heavy atom. The zero-order valence-corrected chi connectivity index (χ0v) is 12.8. The summed E-state index contributed by atoms with van der Waals surface area (Å²) < 4.78 is 0. The molecule has 0 radical (unpaired) electrons. The average molecular weight is 313 g/mol. The fourth-order valence-electron chi connectivity index (χ4n) is 1.85. The molecule has 1 aromatic rings. The predicted octanol–water partition coefficient (Wildman–Crippen LogP) is 1.59. The molecule has 2 amide bonds. The van der Waals surface area contributed by atoms with Crippen molar-refractivity contribution in [3.05, 3.63) is 34.9 Å². The topological polar surface area (TPSA) is 78.4 Å². The number of benzene rings is 1. The standard InChI is InChI=1S/C15H21ClN2O3/c1-2-11(7-8-19)9-17-14(20)10-18-15(21)12-5-3-4-6-13(12)16/h3-6,11,19H,2,7-10H2,1H3,(H,17,20)(H,18,21). The van der Waals surface area contributed by atoms with Crippen LogP contribution in [0.1, 0.15) is 30.1 Å². The zero-order valence-electron chi connectivity index (χ0n) is 12.1. The third-order valence-electron chi connectivity index (χ3n) is 3.23. The Morgan fingerprint density at radius 1 is 1.29 bits per heavy atom. The second-order valence-corrected chi connectivity index (χ2v) is 5.16. The number of amides is 2. The highest BCUT2D eigenvalue weighted by Gasteiger charge is 2.12. The molecule has 0 fully saturated rings. The molecule has 0 heterocycles. The van der Waals surface area contributed by atoms with E-state index in [4.69, 9.17) is 16.7 Å². The van der Waals surface area contributed by atoms with E-state index in [1.165, 1.54) is 0 Å². The fourth-order valence-corrected chi connectivity index (χ4v) is 2.08. The summed E-state index contributed by atoms with van der Waals surface area (Å²) in [5.74, 6) is -0.386. The van der Waals surface area contributed by atoms with Crippen LogP contribution in [0.15, 0.2) is 24.3 Å². The number of nitrogens with one attached hydrogen (secondary N) is 2. The monoisotopic (exact) mass is 312 g/mol. The van der Waals surface area contributed by atoms with Gasteiger partial charge in [0.2, 0.25) is 5.91 Å². The van der Waals surface area contributed by atoms with Crippen molar-refractivity contribution < 1.29 is 14.7 Å². The van der Waals surface area contributed by atoms with Gasteiger partial charge in [-0.3, -0.25) is 9.59 Å². The van der Waals surface area contributed by atoms with Crippen LogP contribution in [0.25, 0.3) is 0 Å². The van der Waals surface area contributed by atoms with Crippen molar-refractivity contribution in [1.29, 1.82) is 0 Å². The van der Waals surface area contributed by atoms with Gasteiger partial charge in [-0.2, -0.15) is 0 Å². The molecule has 116 valence electrons. The van der Waals surface area contributed by atoms with E-state index in [-0.39, 0.29) is 30.9 Å². The molecule has 0 saturated heterocycles. The van der Waals surface area contributed by atoms with Crippen LogP contribution in [0.2, 0.25) is 5.02 Å². The molecule has 1 rings (SSSR count). The largest absolute Gasteiger partial charge is 0.396 e. The summed E-state index contributed by atoms with van der Waals surface area (Å²) in [6, 6.07) is 6.67. The summed E-state index contributed by atoms with van der Waals surface area (Å²) in [5.41, 5.74) is 0.346. The summed E-state index contributed by atoms with van der Waals surface area (Å²) in [6.45, 7) is 2.51. The van der Waals surface area contributed by atoms with Crippen LogP contribution in [0.4, 0.5) is 0 Å². The molecule has 0 bridgehead atoms. The molecule has 0 aliphatic carbocycles. The maximum Gasteiger partial charge on any atom is 0.253 e. The van der Waals surface area contributed by atoms with Gasteiger partial charge in [-0.05, 0) is 24.5 Å². The van der Waals surface area contributed by atoms with Gasteiger partial charge in [0.1, 0.15) is 0 Å². The molecule has 1 unspecified atom stereocenters. The van der Waals surface area contributed by atoms with Crippen LogP contribution < -0.4 is 10.6 Å². The lowest BCUT2D eigenvalue weighted by Crippen LogP contribution is -2.39. The third kappa shape index (κ3) is 6.14. The molecular formula is C15H21ClN2O3. The van der Waals surface area contributed by atoms with Gasteiger partial charge < -0.3 is 15.7 Å². The number of aliphatic hydroxyl groups is 1. The number of rotatable bonds is 8. The molecule has 6 heteroatoms. The highest BCUT2D eigenvalue weighted by molar-refractivity contribution is 6.33. The lowest BCUT2D eigenvalue weighted by Gasteiger charge is -2.14. The number of carbonyl (C=O) groups is 2. The molecule has 21 heavy (non-hydrogen) atoms. The van der Waals surface area contributed by atoms with E-state index in [1.54, 1.807) is 24.3 Å². The Balaban J connectivity index is 2.36. The summed E-state index contributed by atoms with van der Waals surface area (Å²) in [6.07, 6.45) is 1.54. The second-order valence-electron chi connectivity index (χ2n) is 4.75. The summed E-state index contributed by atoms with van der Waals surface area (Å²) in [7, 11) is 0. The van der Waals surface area contributed by atoms with Gasteiger partial charge in [-0.25, -0.2) is 0 Å². The van der Waals surface area contributed by atoms with Crippen molar-refractivity contribution in [1.82, 2.24) is 10.6 Å². The zero-order chi connectivity index (χ0) is 15.7. The van der Waals surface area contributed by atoms with Crippen molar-refractivity contribution in [2.75, 3.05) is 19.7 Å². The maximum absolute atomic E-state index is 11.9. The maximum atomic E-state index is 11.9. The first kappa shape index (κ1) is 17.5. The van der Waals surface area contributed by atoms with Crippen LogP contribution in [-0.4, -0.2) is 36.6 Å². The van der Waals surface area contributed by atoms with Gasteiger partial charge in [-0.15, -0.1) is 0 Å². The van der Waals surface area contributed by atoms with Crippen molar-refractivity contribution in [3.8, 4) is 0 Å². The van der Waals surface area contributed by atoms with Crippen LogP contribution in [0, 0.1) is 5.92 Å². The molecule has 0 aliphatic heterocycles. The van der Waals surface area contributed by atoms with Crippen molar-refractivity contribution in [2.45, 2.75) is 19.8 Å². The van der Waals surface area contributed by atoms with Crippen LogP contribution in [0.3, 0.4) is 0 Å². The Labute approximate surface area is 129 Å². The van der Waals surface area contributed by atoms with Crippen LogP contribution in [0.5, 0.6) is 0 Å². The minimum atomic E-state index is -0.377. The molecule has 0 saturated carbocycles. The van der Waals surface area contributed by atoms with Gasteiger partial charge in [0.05, 0.1) is 17.1 Å². The van der Waals surface area contributed by atoms with Gasteiger partial charge >= 0.3 is 0 Å². The van der Waals surface area contributed by atoms with Gasteiger partial charge in [0.25, 0.3) is 5.91 Å². The number of aliphatic hydroxyl groups excluding tert-OH is 1. The lowest BCUT2D eigenvalue weighted by molar-refractivity contribution is -0.120. The Bertz CT molecular complexity index is 480. The van der Waals surface area contributed by atoms with E-state index in [0.29, 0.717) is 23.6 Å². The van der Waals surface area contributed by atoms with E-state index in [1.807, 2.05) is 6.92 Å². The molecule has 1 aromatic carbocycles. The molecular weight excluding hydrogens is 292 g/mol. The summed E-state index contributed by atoms with van der Waals surface area (Å²) in [5, 5.41) is 14.5. The minimum absolute atomic E-state index is 0.0976. The molecule has 0 aliphatic rings. The van der Waals surface area contributed by atoms with Crippen LogP contribution >= 0.6 is 11.6 Å². The number of hydrogen-bond acceptors (Lipinski definition) is 3. The first-order chi connectivity index (χ1) is 10.1. The molecule has 1 atom stereocenters. The van der Waals surface area contributed by atoms with E-state index < -0.39 is 0 Å². The molecule has 0 spiro atoms. The number of hydrogen-bond donors (Lipinski definition) is 3. The number of halogens is 1. The molecule has 3 N–H and O–H groups in total. The summed E-state index contributed by atoms with van der Waals surface area (Å²) >= 11 is 5.91. The molecule has 0 aromatic heterocycles. The fraction of sp³-hybridized carbons (Fsp3) is 0.467. The third-order valence-corrected chi connectivity index (χ3v) is 3.56. The van der Waals surface area contributed by atoms with Gasteiger partial charge in [-0.1, -0.05) is 37.1 Å². The van der Waals surface area contributed by atoms with Crippen molar-refractivity contribution in [3.63, 3.8) is 0 Å². The first-order valence-electron chi connectivity index (χ1n) is 6.98. The van der Waals surface area contributed by atoms with Gasteiger partial charge in [0, 0.05) is 13.2 Å².